The summed E-state index contributed by atoms with van der Waals surface area (Å²) in [5.74, 6) is 0.316. The lowest BCUT2D eigenvalue weighted by molar-refractivity contribution is -0.0500. The molecule has 0 spiro atoms. The van der Waals surface area contributed by atoms with Crippen molar-refractivity contribution in [1.29, 1.82) is 0 Å². The third kappa shape index (κ3) is 7.18. The maximum atomic E-state index is 13.6. The van der Waals surface area contributed by atoms with Crippen molar-refractivity contribution in [2.75, 3.05) is 49.0 Å². The second-order valence-electron chi connectivity index (χ2n) is 9.74. The maximum Gasteiger partial charge on any atom is 0.410 e. The predicted octanol–water partition coefficient (Wildman–Crippen LogP) is 4.96. The number of halogens is 2. The third-order valence-electron chi connectivity index (χ3n) is 5.77. The Kier molecular flexibility index (Phi) is 9.29. The topological polar surface area (TPSA) is 88.6 Å². The van der Waals surface area contributed by atoms with Crippen LogP contribution in [0.5, 0.6) is 11.5 Å². The van der Waals surface area contributed by atoms with Crippen LogP contribution in [0, 0.1) is 0 Å². The van der Waals surface area contributed by atoms with Crippen LogP contribution in [-0.2, 0) is 14.8 Å². The number of carbonyl (C=O) groups excluding carboxylic acids is 1. The second kappa shape index (κ2) is 12.1. The molecule has 1 aliphatic rings. The number of alkyl halides is 2. The van der Waals surface area contributed by atoms with E-state index in [-0.39, 0.29) is 23.3 Å². The molecule has 0 bridgehead atoms. The number of rotatable bonds is 9. The molecule has 210 valence electrons. The lowest BCUT2D eigenvalue weighted by atomic mass is 10.2. The van der Waals surface area contributed by atoms with E-state index in [2.05, 4.69) is 4.74 Å². The van der Waals surface area contributed by atoms with Gasteiger partial charge in [-0.1, -0.05) is 13.0 Å². The first kappa shape index (κ1) is 29.3. The van der Waals surface area contributed by atoms with Crippen LogP contribution in [0.15, 0.2) is 47.4 Å². The molecule has 0 atom stereocenters. The summed E-state index contributed by atoms with van der Waals surface area (Å²) >= 11 is 0. The minimum atomic E-state index is -4.10. The number of anilines is 2. The number of methoxy groups -OCH3 is 1. The maximum absolute atomic E-state index is 13.6. The van der Waals surface area contributed by atoms with Gasteiger partial charge >= 0.3 is 12.7 Å². The fourth-order valence-electron chi connectivity index (χ4n) is 4.07. The zero-order chi connectivity index (χ0) is 28.1. The summed E-state index contributed by atoms with van der Waals surface area (Å²) in [6.07, 6.45) is 0.138. The van der Waals surface area contributed by atoms with E-state index < -0.39 is 22.2 Å². The number of piperazine rings is 1. The van der Waals surface area contributed by atoms with E-state index in [4.69, 9.17) is 9.47 Å². The first-order valence-electron chi connectivity index (χ1n) is 12.3. The standard InChI is InChI=1S/C26H35F2N3O6S/c1-6-12-31(38(33,34)21-9-7-8-20(18-21)36-24(27)28)19-10-11-23(35-5)22(17-19)29-13-15-30(16-14-29)25(32)37-26(2,3)4/h7-11,17-18,24H,6,12-16H2,1-5H3. The molecule has 0 aromatic heterocycles. The van der Waals surface area contributed by atoms with E-state index in [1.807, 2.05) is 32.6 Å². The van der Waals surface area contributed by atoms with Gasteiger partial charge in [0.05, 0.1) is 23.4 Å². The lowest BCUT2D eigenvalue weighted by Gasteiger charge is -2.37. The Hall–Kier alpha value is -3.28. The van der Waals surface area contributed by atoms with Crippen LogP contribution in [0.2, 0.25) is 0 Å². The van der Waals surface area contributed by atoms with Gasteiger partial charge in [-0.3, -0.25) is 4.31 Å². The Morgan fingerprint density at radius 2 is 1.76 bits per heavy atom. The van der Waals surface area contributed by atoms with E-state index in [0.717, 1.165) is 6.07 Å². The van der Waals surface area contributed by atoms with Gasteiger partial charge in [-0.05, 0) is 57.5 Å². The molecule has 0 radical (unpaired) electrons. The normalized spacial score (nSPS) is 14.4. The van der Waals surface area contributed by atoms with Gasteiger partial charge in [0.15, 0.2) is 0 Å². The highest BCUT2D eigenvalue weighted by molar-refractivity contribution is 7.92. The number of nitrogens with zero attached hydrogens (tertiary/aromatic N) is 3. The molecule has 1 aliphatic heterocycles. The van der Waals surface area contributed by atoms with Gasteiger partial charge in [0.25, 0.3) is 10.0 Å². The Morgan fingerprint density at radius 1 is 1.08 bits per heavy atom. The molecule has 3 rings (SSSR count). The molecule has 0 aliphatic carbocycles. The van der Waals surface area contributed by atoms with Crippen molar-refractivity contribution in [3.63, 3.8) is 0 Å². The van der Waals surface area contributed by atoms with Crippen molar-refractivity contribution in [2.45, 2.75) is 51.2 Å². The lowest BCUT2D eigenvalue weighted by Crippen LogP contribution is -2.50. The van der Waals surface area contributed by atoms with Crippen LogP contribution in [0.4, 0.5) is 25.0 Å². The quantitative estimate of drug-likeness (QED) is 0.432. The Bertz CT molecular complexity index is 1210. The second-order valence-corrected chi connectivity index (χ2v) is 11.6. The van der Waals surface area contributed by atoms with Gasteiger partial charge in [0.2, 0.25) is 0 Å². The van der Waals surface area contributed by atoms with Crippen LogP contribution in [-0.4, -0.2) is 71.5 Å². The number of carbonyl (C=O) groups is 1. The fourth-order valence-corrected chi connectivity index (χ4v) is 5.65. The van der Waals surface area contributed by atoms with Crippen LogP contribution in [0.3, 0.4) is 0 Å². The summed E-state index contributed by atoms with van der Waals surface area (Å²) in [6.45, 7) is 6.23. The Balaban J connectivity index is 1.89. The van der Waals surface area contributed by atoms with E-state index in [1.165, 1.54) is 29.6 Å². The molecule has 38 heavy (non-hydrogen) atoms. The summed E-state index contributed by atoms with van der Waals surface area (Å²) < 4.78 is 69.3. The molecule has 0 N–H and O–H groups in total. The zero-order valence-electron chi connectivity index (χ0n) is 22.3. The van der Waals surface area contributed by atoms with Crippen LogP contribution < -0.4 is 18.7 Å². The number of amides is 1. The van der Waals surface area contributed by atoms with Gasteiger partial charge in [0, 0.05) is 38.8 Å². The number of hydrogen-bond donors (Lipinski definition) is 0. The molecule has 0 unspecified atom stereocenters. The molecule has 1 amide bonds. The highest BCUT2D eigenvalue weighted by Gasteiger charge is 2.29. The minimum Gasteiger partial charge on any atom is -0.495 e. The van der Waals surface area contributed by atoms with Crippen molar-refractivity contribution in [3.05, 3.63) is 42.5 Å². The fraction of sp³-hybridized carbons (Fsp3) is 0.500. The van der Waals surface area contributed by atoms with Crippen molar-refractivity contribution in [3.8, 4) is 11.5 Å². The number of ether oxygens (including phenoxy) is 3. The van der Waals surface area contributed by atoms with E-state index in [9.17, 15) is 22.0 Å². The molecule has 12 heteroatoms. The molecule has 2 aromatic rings. The molecule has 0 saturated carbocycles. The van der Waals surface area contributed by atoms with Gasteiger partial charge in [-0.2, -0.15) is 8.78 Å². The highest BCUT2D eigenvalue weighted by atomic mass is 32.2. The summed E-state index contributed by atoms with van der Waals surface area (Å²) in [7, 11) is -2.57. The third-order valence-corrected chi connectivity index (χ3v) is 7.59. The largest absolute Gasteiger partial charge is 0.495 e. The SMILES string of the molecule is CCCN(c1ccc(OC)c(N2CCN(C(=O)OC(C)(C)C)CC2)c1)S(=O)(=O)c1cccc(OC(F)F)c1. The van der Waals surface area contributed by atoms with Crippen LogP contribution in [0.1, 0.15) is 34.1 Å². The van der Waals surface area contributed by atoms with Gasteiger partial charge in [0.1, 0.15) is 17.1 Å². The summed E-state index contributed by atoms with van der Waals surface area (Å²) in [5, 5.41) is 0. The van der Waals surface area contributed by atoms with Crippen molar-refractivity contribution < 1.29 is 36.2 Å². The monoisotopic (exact) mass is 555 g/mol. The van der Waals surface area contributed by atoms with E-state index >= 15 is 0 Å². The van der Waals surface area contributed by atoms with Crippen molar-refractivity contribution in [2.24, 2.45) is 0 Å². The predicted molar refractivity (Wildman–Crippen MR) is 141 cm³/mol. The average Bonchev–Trinajstić information content (AvgIpc) is 2.85. The van der Waals surface area contributed by atoms with E-state index in [0.29, 0.717) is 49.7 Å². The summed E-state index contributed by atoms with van der Waals surface area (Å²) in [4.78, 5) is 16.0. The molecule has 1 heterocycles. The highest BCUT2D eigenvalue weighted by Crippen LogP contribution is 2.36. The smallest absolute Gasteiger partial charge is 0.410 e. The number of benzene rings is 2. The average molecular weight is 556 g/mol. The van der Waals surface area contributed by atoms with Crippen LogP contribution in [0.25, 0.3) is 0 Å². The van der Waals surface area contributed by atoms with Gasteiger partial charge in [-0.15, -0.1) is 0 Å². The molecule has 2 aromatic carbocycles. The van der Waals surface area contributed by atoms with Gasteiger partial charge < -0.3 is 24.0 Å². The zero-order valence-corrected chi connectivity index (χ0v) is 23.1. The molecular formula is C26H35F2N3O6S. The minimum absolute atomic E-state index is 0.160. The first-order valence-corrected chi connectivity index (χ1v) is 13.8. The Labute approximate surface area is 222 Å². The number of sulfonamides is 1. The molecule has 9 nitrogen and oxygen atoms in total. The molecular weight excluding hydrogens is 520 g/mol. The van der Waals surface area contributed by atoms with Crippen LogP contribution >= 0.6 is 0 Å². The van der Waals surface area contributed by atoms with E-state index in [1.54, 1.807) is 23.1 Å². The number of hydrogen-bond acceptors (Lipinski definition) is 7. The van der Waals surface area contributed by atoms with Crippen molar-refractivity contribution >= 4 is 27.5 Å². The summed E-state index contributed by atoms with van der Waals surface area (Å²) in [5.41, 5.74) is 0.489. The first-order chi connectivity index (χ1) is 17.9. The Morgan fingerprint density at radius 3 is 2.34 bits per heavy atom. The molecule has 1 fully saturated rings. The van der Waals surface area contributed by atoms with Crippen molar-refractivity contribution in [1.82, 2.24) is 4.90 Å². The summed E-state index contributed by atoms with van der Waals surface area (Å²) in [6, 6.07) is 10.1. The molecule has 1 saturated heterocycles. The van der Waals surface area contributed by atoms with Gasteiger partial charge in [-0.25, -0.2) is 13.2 Å².